The minimum Gasteiger partial charge on any atom is -0.220 e. The van der Waals surface area contributed by atoms with Gasteiger partial charge in [-0.25, -0.2) is 21.5 Å². The molecule has 0 amide bonds. The lowest BCUT2D eigenvalue weighted by atomic mass is 10.2. The Bertz CT molecular complexity index is 1650. The first-order valence-electron chi connectivity index (χ1n) is 11.3. The molecule has 9 heteroatoms. The molecule has 5 aromatic rings. The lowest BCUT2D eigenvalue weighted by Crippen LogP contribution is -2.14. The van der Waals surface area contributed by atoms with Gasteiger partial charge in [0.05, 0.1) is 15.5 Å². The molecular formula is C28H21ClN2O4S2. The van der Waals surface area contributed by atoms with E-state index < -0.39 is 24.7 Å². The van der Waals surface area contributed by atoms with E-state index in [1.165, 1.54) is 41.1 Å². The van der Waals surface area contributed by atoms with E-state index in [0.29, 0.717) is 16.3 Å². The van der Waals surface area contributed by atoms with E-state index in [1.54, 1.807) is 72.8 Å². The van der Waals surface area contributed by atoms with Crippen LogP contribution in [0.2, 0.25) is 5.02 Å². The van der Waals surface area contributed by atoms with Gasteiger partial charge in [0.1, 0.15) is 10.6 Å². The van der Waals surface area contributed by atoms with Crippen molar-refractivity contribution >= 4 is 31.3 Å². The molecule has 0 aliphatic carbocycles. The van der Waals surface area contributed by atoms with Crippen molar-refractivity contribution < 1.29 is 16.8 Å². The highest BCUT2D eigenvalue weighted by atomic mass is 35.5. The van der Waals surface area contributed by atoms with Crippen LogP contribution in [-0.2, 0) is 19.7 Å². The topological polar surface area (TPSA) is 86.1 Å². The Labute approximate surface area is 220 Å². The third-order valence-corrected chi connectivity index (χ3v) is 9.81. The third-order valence-electron chi connectivity index (χ3n) is 5.83. The minimum absolute atomic E-state index is 0.0320. The number of nitrogens with zero attached hydrogens (tertiary/aromatic N) is 2. The van der Waals surface area contributed by atoms with Gasteiger partial charge in [-0.3, -0.25) is 0 Å². The first kappa shape index (κ1) is 25.0. The monoisotopic (exact) mass is 548 g/mol. The summed E-state index contributed by atoms with van der Waals surface area (Å²) in [5.74, 6) is 0. The number of hydrogen-bond donors (Lipinski definition) is 0. The van der Waals surface area contributed by atoms with Gasteiger partial charge < -0.3 is 0 Å². The van der Waals surface area contributed by atoms with E-state index in [-0.39, 0.29) is 20.4 Å². The highest BCUT2D eigenvalue weighted by Crippen LogP contribution is 2.39. The second-order valence-corrected chi connectivity index (χ2v) is 12.6. The average Bonchev–Trinajstić information content (AvgIpc) is 3.33. The Morgan fingerprint density at radius 2 is 1.16 bits per heavy atom. The van der Waals surface area contributed by atoms with Gasteiger partial charge in [0.2, 0.25) is 19.7 Å². The summed E-state index contributed by atoms with van der Waals surface area (Å²) in [6.07, 6.45) is 0. The Morgan fingerprint density at radius 1 is 0.649 bits per heavy atom. The fraction of sp³-hybridized carbons (Fsp3) is 0.0357. The van der Waals surface area contributed by atoms with Crippen LogP contribution in [0.1, 0.15) is 5.56 Å². The van der Waals surface area contributed by atoms with Gasteiger partial charge in [-0.2, -0.15) is 5.10 Å². The first-order valence-corrected chi connectivity index (χ1v) is 14.6. The summed E-state index contributed by atoms with van der Waals surface area (Å²) in [5.41, 5.74) is 1.78. The van der Waals surface area contributed by atoms with Gasteiger partial charge in [-0.15, -0.1) is 0 Å². The average molecular weight is 549 g/mol. The molecule has 0 saturated heterocycles. The molecule has 0 aliphatic heterocycles. The molecule has 0 saturated carbocycles. The smallest absolute Gasteiger partial charge is 0.220 e. The summed E-state index contributed by atoms with van der Waals surface area (Å²) < 4.78 is 57.9. The molecule has 0 N–H and O–H groups in total. The second-order valence-electron chi connectivity index (χ2n) is 8.37. The molecule has 0 spiro atoms. The molecular weight excluding hydrogens is 528 g/mol. The summed E-state index contributed by atoms with van der Waals surface area (Å²) in [5, 5.41) is 4.51. The molecule has 0 bridgehead atoms. The van der Waals surface area contributed by atoms with Gasteiger partial charge in [-0.1, -0.05) is 77.8 Å². The number of rotatable bonds is 6. The summed E-state index contributed by atoms with van der Waals surface area (Å²) in [6, 6.07) is 29.1. The van der Waals surface area contributed by atoms with Gasteiger partial charge in [0, 0.05) is 10.6 Å². The minimum atomic E-state index is -4.39. The molecule has 1 heterocycles. The Hall–Kier alpha value is -3.72. The molecule has 0 aliphatic rings. The zero-order valence-corrected chi connectivity index (χ0v) is 22.0. The van der Waals surface area contributed by atoms with Crippen molar-refractivity contribution in [3.63, 3.8) is 0 Å². The van der Waals surface area contributed by atoms with Gasteiger partial charge in [-0.05, 0) is 55.5 Å². The van der Waals surface area contributed by atoms with Crippen LogP contribution in [0.15, 0.2) is 129 Å². The molecule has 186 valence electrons. The first-order chi connectivity index (χ1) is 17.7. The normalized spacial score (nSPS) is 11.9. The van der Waals surface area contributed by atoms with E-state index in [4.69, 9.17) is 11.6 Å². The highest BCUT2D eigenvalue weighted by molar-refractivity contribution is 7.94. The van der Waals surface area contributed by atoms with Crippen molar-refractivity contribution in [3.8, 4) is 16.9 Å². The van der Waals surface area contributed by atoms with Crippen molar-refractivity contribution in [2.45, 2.75) is 26.6 Å². The van der Waals surface area contributed by atoms with E-state index >= 15 is 0 Å². The van der Waals surface area contributed by atoms with Gasteiger partial charge in [0.15, 0.2) is 5.03 Å². The largest absolute Gasteiger partial charge is 0.225 e. The molecule has 6 nitrogen and oxygen atoms in total. The molecule has 0 radical (unpaired) electrons. The number of benzene rings is 4. The maximum Gasteiger partial charge on any atom is 0.225 e. The van der Waals surface area contributed by atoms with E-state index in [1.807, 2.05) is 6.92 Å². The van der Waals surface area contributed by atoms with Crippen molar-refractivity contribution in [1.29, 1.82) is 0 Å². The number of sulfone groups is 2. The second kappa shape index (κ2) is 9.63. The SMILES string of the molecule is Cc1ccc(S(=O)(=O)c2c(-c3ccccc3)nn(-c3ccccc3)c2S(=O)(=O)c2ccc(Cl)cc2)cc1. The molecule has 1 aromatic heterocycles. The van der Waals surface area contributed by atoms with Crippen LogP contribution < -0.4 is 0 Å². The maximum atomic E-state index is 14.2. The number of para-hydroxylation sites is 1. The van der Waals surface area contributed by atoms with Crippen LogP contribution in [0.4, 0.5) is 0 Å². The molecule has 0 fully saturated rings. The fourth-order valence-electron chi connectivity index (χ4n) is 3.96. The number of aromatic nitrogens is 2. The Kier molecular flexibility index (Phi) is 6.49. The predicted octanol–water partition coefficient (Wildman–Crippen LogP) is 6.17. The Morgan fingerprint density at radius 3 is 1.76 bits per heavy atom. The molecule has 5 rings (SSSR count). The highest BCUT2D eigenvalue weighted by Gasteiger charge is 2.38. The molecule has 0 unspecified atom stereocenters. The lowest BCUT2D eigenvalue weighted by molar-refractivity contribution is 0.573. The van der Waals surface area contributed by atoms with Gasteiger partial charge >= 0.3 is 0 Å². The van der Waals surface area contributed by atoms with Crippen molar-refractivity contribution in [2.24, 2.45) is 0 Å². The van der Waals surface area contributed by atoms with Crippen molar-refractivity contribution in [3.05, 3.63) is 120 Å². The summed E-state index contributed by atoms with van der Waals surface area (Å²) in [7, 11) is -8.73. The van der Waals surface area contributed by atoms with E-state index in [9.17, 15) is 16.8 Å². The van der Waals surface area contributed by atoms with E-state index in [0.717, 1.165) is 5.56 Å². The molecule has 37 heavy (non-hydrogen) atoms. The number of halogens is 1. The zero-order chi connectivity index (χ0) is 26.2. The van der Waals surface area contributed by atoms with Crippen LogP contribution in [0, 0.1) is 6.92 Å². The summed E-state index contributed by atoms with van der Waals surface area (Å²) >= 11 is 6.01. The molecule has 4 aromatic carbocycles. The predicted molar refractivity (Wildman–Crippen MR) is 143 cm³/mol. The Balaban J connectivity index is 1.93. The van der Waals surface area contributed by atoms with Gasteiger partial charge in [0.25, 0.3) is 0 Å². The number of hydrogen-bond acceptors (Lipinski definition) is 5. The summed E-state index contributed by atoms with van der Waals surface area (Å²) in [6.45, 7) is 1.84. The quantitative estimate of drug-likeness (QED) is 0.253. The van der Waals surface area contributed by atoms with Crippen LogP contribution in [0.5, 0.6) is 0 Å². The zero-order valence-electron chi connectivity index (χ0n) is 19.6. The third kappa shape index (κ3) is 4.59. The van der Waals surface area contributed by atoms with E-state index in [2.05, 4.69) is 5.10 Å². The fourth-order valence-corrected chi connectivity index (χ4v) is 7.63. The standard InChI is InChI=1S/C28H21ClN2O4S2/c1-20-12-16-24(17-13-20)36(32,33)27-26(21-8-4-2-5-9-21)30-31(23-10-6-3-7-11-23)28(27)37(34,35)25-18-14-22(29)15-19-25/h2-19H,1H3. The van der Waals surface area contributed by atoms with Crippen LogP contribution in [-0.4, -0.2) is 26.6 Å². The summed E-state index contributed by atoms with van der Waals surface area (Å²) in [4.78, 5) is -0.522. The van der Waals surface area contributed by atoms with Crippen molar-refractivity contribution in [1.82, 2.24) is 9.78 Å². The van der Waals surface area contributed by atoms with Crippen LogP contribution >= 0.6 is 11.6 Å². The molecule has 0 atom stereocenters. The van der Waals surface area contributed by atoms with Crippen molar-refractivity contribution in [2.75, 3.05) is 0 Å². The number of aryl methyl sites for hydroxylation is 1. The lowest BCUT2D eigenvalue weighted by Gasteiger charge is -2.12. The van der Waals surface area contributed by atoms with Crippen LogP contribution in [0.3, 0.4) is 0 Å². The maximum absolute atomic E-state index is 14.2. The van der Waals surface area contributed by atoms with Crippen LogP contribution in [0.25, 0.3) is 16.9 Å².